The van der Waals surface area contributed by atoms with Gasteiger partial charge in [-0.25, -0.2) is 0 Å². The molecule has 1 aromatic rings. The number of hydrogen-bond acceptors (Lipinski definition) is 4. The Labute approximate surface area is 101 Å². The summed E-state index contributed by atoms with van der Waals surface area (Å²) in [5.41, 5.74) is 7.68. The SMILES string of the molecule is Nc1cc2c(cc1COC1CCC1)OCCO2. The van der Waals surface area contributed by atoms with Crippen LogP contribution in [0.5, 0.6) is 11.5 Å². The molecule has 0 spiro atoms. The smallest absolute Gasteiger partial charge is 0.163 e. The molecule has 0 saturated heterocycles. The fraction of sp³-hybridized carbons (Fsp3) is 0.538. The Kier molecular flexibility index (Phi) is 2.81. The topological polar surface area (TPSA) is 53.7 Å². The van der Waals surface area contributed by atoms with E-state index in [2.05, 4.69) is 0 Å². The van der Waals surface area contributed by atoms with E-state index in [9.17, 15) is 0 Å². The van der Waals surface area contributed by atoms with E-state index in [1.807, 2.05) is 12.1 Å². The molecule has 3 rings (SSSR count). The first kappa shape index (κ1) is 10.7. The lowest BCUT2D eigenvalue weighted by Gasteiger charge is -2.26. The molecule has 0 radical (unpaired) electrons. The summed E-state index contributed by atoms with van der Waals surface area (Å²) in [7, 11) is 0. The van der Waals surface area contributed by atoms with Crippen molar-refractivity contribution in [3.05, 3.63) is 17.7 Å². The molecule has 4 heteroatoms. The van der Waals surface area contributed by atoms with Gasteiger partial charge in [-0.15, -0.1) is 0 Å². The lowest BCUT2D eigenvalue weighted by atomic mass is 9.96. The highest BCUT2D eigenvalue weighted by Gasteiger charge is 2.19. The summed E-state index contributed by atoms with van der Waals surface area (Å²) >= 11 is 0. The molecule has 0 amide bonds. The number of ether oxygens (including phenoxy) is 3. The van der Waals surface area contributed by atoms with Gasteiger partial charge in [0.15, 0.2) is 11.5 Å². The van der Waals surface area contributed by atoms with Gasteiger partial charge in [-0.3, -0.25) is 0 Å². The minimum atomic E-state index is 0.419. The Balaban J connectivity index is 1.73. The number of hydrogen-bond donors (Lipinski definition) is 1. The molecule has 2 N–H and O–H groups in total. The Bertz CT molecular complexity index is 415. The van der Waals surface area contributed by atoms with Crippen molar-refractivity contribution >= 4 is 5.69 Å². The van der Waals surface area contributed by atoms with E-state index in [0.29, 0.717) is 31.6 Å². The van der Waals surface area contributed by atoms with Crippen LogP contribution in [0.15, 0.2) is 12.1 Å². The van der Waals surface area contributed by atoms with Crippen molar-refractivity contribution in [2.24, 2.45) is 0 Å². The maximum absolute atomic E-state index is 5.97. The molecule has 92 valence electrons. The van der Waals surface area contributed by atoms with Crippen LogP contribution in [-0.2, 0) is 11.3 Å². The molecule has 1 aliphatic heterocycles. The minimum Gasteiger partial charge on any atom is -0.486 e. The van der Waals surface area contributed by atoms with Gasteiger partial charge in [0, 0.05) is 17.3 Å². The van der Waals surface area contributed by atoms with E-state index in [1.165, 1.54) is 19.3 Å². The molecule has 0 unspecified atom stereocenters. The van der Waals surface area contributed by atoms with Crippen molar-refractivity contribution in [1.29, 1.82) is 0 Å². The van der Waals surface area contributed by atoms with Crippen LogP contribution in [0.25, 0.3) is 0 Å². The molecule has 1 saturated carbocycles. The average Bonchev–Trinajstić information content (AvgIpc) is 2.27. The van der Waals surface area contributed by atoms with E-state index in [4.69, 9.17) is 19.9 Å². The highest BCUT2D eigenvalue weighted by molar-refractivity contribution is 5.58. The Morgan fingerprint density at radius 3 is 2.53 bits per heavy atom. The second-order valence-electron chi connectivity index (χ2n) is 4.56. The van der Waals surface area contributed by atoms with E-state index in [0.717, 1.165) is 17.1 Å². The zero-order chi connectivity index (χ0) is 11.7. The monoisotopic (exact) mass is 235 g/mol. The minimum absolute atomic E-state index is 0.419. The van der Waals surface area contributed by atoms with Gasteiger partial charge >= 0.3 is 0 Å². The molecule has 2 aliphatic rings. The lowest BCUT2D eigenvalue weighted by Crippen LogP contribution is -2.21. The molecule has 0 bridgehead atoms. The normalized spacial score (nSPS) is 18.8. The van der Waals surface area contributed by atoms with Crippen LogP contribution in [0, 0.1) is 0 Å². The maximum atomic E-state index is 5.97. The standard InChI is InChI=1S/C13H17NO3/c14-11-7-13-12(15-4-5-16-13)6-9(11)8-17-10-2-1-3-10/h6-7,10H,1-5,8,14H2. The molecular formula is C13H17NO3. The quantitative estimate of drug-likeness (QED) is 0.815. The number of nitrogen functional groups attached to an aromatic ring is 1. The van der Waals surface area contributed by atoms with E-state index >= 15 is 0 Å². The van der Waals surface area contributed by atoms with Crippen LogP contribution in [-0.4, -0.2) is 19.3 Å². The van der Waals surface area contributed by atoms with Gasteiger partial charge < -0.3 is 19.9 Å². The fourth-order valence-electron chi connectivity index (χ4n) is 2.02. The van der Waals surface area contributed by atoms with Gasteiger partial charge in [0.2, 0.25) is 0 Å². The van der Waals surface area contributed by atoms with E-state index in [1.54, 1.807) is 0 Å². The van der Waals surface area contributed by atoms with Crippen LogP contribution in [0.3, 0.4) is 0 Å². The van der Waals surface area contributed by atoms with Crippen LogP contribution in [0.1, 0.15) is 24.8 Å². The molecule has 1 aromatic carbocycles. The first-order valence-corrected chi connectivity index (χ1v) is 6.12. The van der Waals surface area contributed by atoms with Gasteiger partial charge in [-0.05, 0) is 25.3 Å². The summed E-state index contributed by atoms with van der Waals surface area (Å²) in [5, 5.41) is 0. The van der Waals surface area contributed by atoms with Crippen molar-refractivity contribution in [3.8, 4) is 11.5 Å². The summed E-state index contributed by atoms with van der Waals surface area (Å²) in [6.45, 7) is 1.75. The lowest BCUT2D eigenvalue weighted by molar-refractivity contribution is -0.00854. The summed E-state index contributed by atoms with van der Waals surface area (Å²) in [5.74, 6) is 1.51. The van der Waals surface area contributed by atoms with Gasteiger partial charge in [0.25, 0.3) is 0 Å². The number of anilines is 1. The molecule has 4 nitrogen and oxygen atoms in total. The molecule has 17 heavy (non-hydrogen) atoms. The fourth-order valence-corrected chi connectivity index (χ4v) is 2.02. The Morgan fingerprint density at radius 2 is 1.88 bits per heavy atom. The number of benzene rings is 1. The maximum Gasteiger partial charge on any atom is 0.163 e. The van der Waals surface area contributed by atoms with Crippen molar-refractivity contribution in [3.63, 3.8) is 0 Å². The summed E-state index contributed by atoms with van der Waals surface area (Å²) < 4.78 is 16.8. The predicted molar refractivity (Wildman–Crippen MR) is 64.3 cm³/mol. The first-order valence-electron chi connectivity index (χ1n) is 6.12. The molecular weight excluding hydrogens is 218 g/mol. The Hall–Kier alpha value is -1.42. The van der Waals surface area contributed by atoms with Crippen LogP contribution in [0.2, 0.25) is 0 Å². The number of fused-ring (bicyclic) bond motifs is 1. The zero-order valence-corrected chi connectivity index (χ0v) is 9.78. The van der Waals surface area contributed by atoms with Crippen molar-refractivity contribution in [1.82, 2.24) is 0 Å². The third-order valence-electron chi connectivity index (χ3n) is 3.33. The predicted octanol–water partition coefficient (Wildman–Crippen LogP) is 2.11. The largest absolute Gasteiger partial charge is 0.486 e. The summed E-state index contributed by atoms with van der Waals surface area (Å²) in [6, 6.07) is 3.76. The second-order valence-corrected chi connectivity index (χ2v) is 4.56. The summed E-state index contributed by atoms with van der Waals surface area (Å²) in [6.07, 6.45) is 4.04. The van der Waals surface area contributed by atoms with Gasteiger partial charge in [0.1, 0.15) is 13.2 Å². The van der Waals surface area contributed by atoms with Gasteiger partial charge in [-0.2, -0.15) is 0 Å². The molecule has 1 fully saturated rings. The van der Waals surface area contributed by atoms with Crippen molar-refractivity contribution in [2.45, 2.75) is 32.0 Å². The molecule has 0 aromatic heterocycles. The highest BCUT2D eigenvalue weighted by atomic mass is 16.6. The van der Waals surface area contributed by atoms with Crippen LogP contribution in [0.4, 0.5) is 5.69 Å². The number of rotatable bonds is 3. The van der Waals surface area contributed by atoms with E-state index in [-0.39, 0.29) is 0 Å². The zero-order valence-electron chi connectivity index (χ0n) is 9.78. The average molecular weight is 235 g/mol. The highest BCUT2D eigenvalue weighted by Crippen LogP contribution is 2.35. The molecule has 1 heterocycles. The third kappa shape index (κ3) is 2.17. The van der Waals surface area contributed by atoms with E-state index < -0.39 is 0 Å². The Morgan fingerprint density at radius 1 is 1.18 bits per heavy atom. The molecule has 1 aliphatic carbocycles. The molecule has 0 atom stereocenters. The van der Waals surface area contributed by atoms with Gasteiger partial charge in [-0.1, -0.05) is 0 Å². The first-order chi connectivity index (χ1) is 8.33. The van der Waals surface area contributed by atoms with Crippen LogP contribution >= 0.6 is 0 Å². The third-order valence-corrected chi connectivity index (χ3v) is 3.33. The second kappa shape index (κ2) is 4.45. The van der Waals surface area contributed by atoms with Crippen LogP contribution < -0.4 is 15.2 Å². The van der Waals surface area contributed by atoms with Gasteiger partial charge in [0.05, 0.1) is 12.7 Å². The van der Waals surface area contributed by atoms with Crippen molar-refractivity contribution in [2.75, 3.05) is 18.9 Å². The number of nitrogens with two attached hydrogens (primary N) is 1. The van der Waals surface area contributed by atoms with Crippen molar-refractivity contribution < 1.29 is 14.2 Å². The summed E-state index contributed by atoms with van der Waals surface area (Å²) in [4.78, 5) is 0.